The number of methoxy groups -OCH3 is 1. The minimum Gasteiger partial charge on any atom is -0.485 e. The molecule has 1 aromatic carbocycles. The number of benzene rings is 1. The van der Waals surface area contributed by atoms with Crippen LogP contribution in [0, 0.1) is 10.1 Å². The normalized spacial score (nSPS) is 9.89. The number of nitro groups is 1. The summed E-state index contributed by atoms with van der Waals surface area (Å²) in [7, 11) is 2.93. The molecular weight excluding hydrogens is 240 g/mol. The summed E-state index contributed by atoms with van der Waals surface area (Å²) in [6.07, 6.45) is 0. The van der Waals surface area contributed by atoms with Crippen molar-refractivity contribution in [2.75, 3.05) is 27.3 Å². The molecule has 7 heteroatoms. The molecule has 0 heterocycles. The van der Waals surface area contributed by atoms with Crippen molar-refractivity contribution in [3.63, 3.8) is 0 Å². The highest BCUT2D eigenvalue weighted by Crippen LogP contribution is 2.31. The maximum absolute atomic E-state index is 11.5. The summed E-state index contributed by atoms with van der Waals surface area (Å²) in [5, 5.41) is 13.7. The topological polar surface area (TPSA) is 90.7 Å². The minimum absolute atomic E-state index is 0.0443. The first-order valence-corrected chi connectivity index (χ1v) is 5.25. The Morgan fingerprint density at radius 1 is 1.50 bits per heavy atom. The van der Waals surface area contributed by atoms with Crippen LogP contribution < -0.4 is 10.1 Å². The van der Waals surface area contributed by atoms with Crippen molar-refractivity contribution >= 4 is 11.7 Å². The van der Waals surface area contributed by atoms with E-state index in [0.29, 0.717) is 6.54 Å². The predicted molar refractivity (Wildman–Crippen MR) is 63.9 cm³/mol. The van der Waals surface area contributed by atoms with Gasteiger partial charge in [-0.1, -0.05) is 6.07 Å². The van der Waals surface area contributed by atoms with Crippen LogP contribution in [0.2, 0.25) is 0 Å². The molecule has 0 aliphatic heterocycles. The van der Waals surface area contributed by atoms with Crippen LogP contribution in [0.25, 0.3) is 0 Å². The average Bonchev–Trinajstić information content (AvgIpc) is 2.38. The number of esters is 1. The number of hydrogen-bond acceptors (Lipinski definition) is 6. The van der Waals surface area contributed by atoms with Gasteiger partial charge in [-0.2, -0.15) is 0 Å². The van der Waals surface area contributed by atoms with E-state index in [0.717, 1.165) is 0 Å². The standard InChI is InChI=1S/C11H14N2O5/c1-12-6-7-18-10-8(11(14)17-2)4-3-5-9(10)13(15)16/h3-5,12H,6-7H2,1-2H3. The van der Waals surface area contributed by atoms with Crippen LogP contribution in [-0.2, 0) is 4.74 Å². The number of ether oxygens (including phenoxy) is 2. The predicted octanol–water partition coefficient (Wildman–Crippen LogP) is 0.980. The molecule has 7 nitrogen and oxygen atoms in total. The number of carbonyl (C=O) groups excluding carboxylic acids is 1. The maximum atomic E-state index is 11.5. The van der Waals surface area contributed by atoms with Crippen molar-refractivity contribution < 1.29 is 19.2 Å². The van der Waals surface area contributed by atoms with E-state index in [1.807, 2.05) is 0 Å². The third-order valence-corrected chi connectivity index (χ3v) is 2.19. The first-order chi connectivity index (χ1) is 8.61. The van der Waals surface area contributed by atoms with E-state index in [4.69, 9.17) is 4.74 Å². The lowest BCUT2D eigenvalue weighted by molar-refractivity contribution is -0.385. The van der Waals surface area contributed by atoms with Crippen molar-refractivity contribution in [3.8, 4) is 5.75 Å². The van der Waals surface area contributed by atoms with Crippen LogP contribution in [0.1, 0.15) is 10.4 Å². The number of carbonyl (C=O) groups is 1. The molecule has 0 bridgehead atoms. The molecular formula is C11H14N2O5. The van der Waals surface area contributed by atoms with Crippen LogP contribution in [0.3, 0.4) is 0 Å². The lowest BCUT2D eigenvalue weighted by atomic mass is 10.1. The third kappa shape index (κ3) is 3.17. The van der Waals surface area contributed by atoms with Gasteiger partial charge in [0.2, 0.25) is 5.75 Å². The summed E-state index contributed by atoms with van der Waals surface area (Å²) in [6, 6.07) is 4.12. The minimum atomic E-state index is -0.668. The summed E-state index contributed by atoms with van der Waals surface area (Å²) in [4.78, 5) is 21.8. The van der Waals surface area contributed by atoms with Crippen LogP contribution in [-0.4, -0.2) is 38.2 Å². The highest BCUT2D eigenvalue weighted by Gasteiger charge is 2.23. The Labute approximate surface area is 104 Å². The van der Waals surface area contributed by atoms with Crippen LogP contribution >= 0.6 is 0 Å². The van der Waals surface area contributed by atoms with E-state index in [1.165, 1.54) is 25.3 Å². The molecule has 0 aromatic heterocycles. The highest BCUT2D eigenvalue weighted by atomic mass is 16.6. The molecule has 1 rings (SSSR count). The van der Waals surface area contributed by atoms with Gasteiger partial charge < -0.3 is 14.8 Å². The molecule has 1 aromatic rings. The summed E-state index contributed by atoms with van der Waals surface area (Å²) >= 11 is 0. The summed E-state index contributed by atoms with van der Waals surface area (Å²) in [5.41, 5.74) is -0.211. The van der Waals surface area contributed by atoms with Gasteiger partial charge in [-0.15, -0.1) is 0 Å². The summed E-state index contributed by atoms with van der Waals surface area (Å²) in [5.74, 6) is -0.734. The second-order valence-corrected chi connectivity index (χ2v) is 3.35. The van der Waals surface area contributed by atoms with E-state index in [1.54, 1.807) is 7.05 Å². The maximum Gasteiger partial charge on any atom is 0.341 e. The lowest BCUT2D eigenvalue weighted by Gasteiger charge is -2.10. The van der Waals surface area contributed by atoms with Gasteiger partial charge in [0.25, 0.3) is 0 Å². The highest BCUT2D eigenvalue weighted by molar-refractivity contribution is 5.94. The van der Waals surface area contributed by atoms with E-state index >= 15 is 0 Å². The molecule has 0 aliphatic rings. The van der Waals surface area contributed by atoms with E-state index in [9.17, 15) is 14.9 Å². The van der Waals surface area contributed by atoms with Crippen molar-refractivity contribution in [2.24, 2.45) is 0 Å². The summed E-state index contributed by atoms with van der Waals surface area (Å²) < 4.78 is 9.85. The van der Waals surface area contributed by atoms with Crippen LogP contribution in [0.4, 0.5) is 5.69 Å². The van der Waals surface area contributed by atoms with Crippen LogP contribution in [0.5, 0.6) is 5.75 Å². The fourth-order valence-corrected chi connectivity index (χ4v) is 1.35. The number of nitrogens with zero attached hydrogens (tertiary/aromatic N) is 1. The molecule has 0 radical (unpaired) electrons. The van der Waals surface area contributed by atoms with Crippen molar-refractivity contribution in [1.82, 2.24) is 5.32 Å². The third-order valence-electron chi connectivity index (χ3n) is 2.19. The zero-order valence-electron chi connectivity index (χ0n) is 10.1. The van der Waals surface area contributed by atoms with Crippen molar-refractivity contribution in [3.05, 3.63) is 33.9 Å². The van der Waals surface area contributed by atoms with Crippen LogP contribution in [0.15, 0.2) is 18.2 Å². The van der Waals surface area contributed by atoms with Gasteiger partial charge in [-0.05, 0) is 13.1 Å². The molecule has 0 spiro atoms. The zero-order chi connectivity index (χ0) is 13.5. The molecule has 0 fully saturated rings. The average molecular weight is 254 g/mol. The Bertz CT molecular complexity index is 447. The van der Waals surface area contributed by atoms with Gasteiger partial charge in [0, 0.05) is 12.6 Å². The molecule has 0 unspecified atom stereocenters. The largest absolute Gasteiger partial charge is 0.485 e. The van der Waals surface area contributed by atoms with Crippen molar-refractivity contribution in [2.45, 2.75) is 0 Å². The lowest BCUT2D eigenvalue weighted by Crippen LogP contribution is -2.17. The second-order valence-electron chi connectivity index (χ2n) is 3.35. The zero-order valence-corrected chi connectivity index (χ0v) is 10.1. The Kier molecular flexibility index (Phi) is 5.06. The number of nitro benzene ring substituents is 1. The first kappa shape index (κ1) is 13.9. The Morgan fingerprint density at radius 2 is 2.22 bits per heavy atom. The van der Waals surface area contributed by atoms with Gasteiger partial charge in [-0.25, -0.2) is 4.79 Å². The molecule has 18 heavy (non-hydrogen) atoms. The molecule has 0 atom stereocenters. The first-order valence-electron chi connectivity index (χ1n) is 5.25. The second kappa shape index (κ2) is 6.55. The molecule has 98 valence electrons. The summed E-state index contributed by atoms with van der Waals surface area (Å²) in [6.45, 7) is 0.720. The smallest absolute Gasteiger partial charge is 0.341 e. The Hall–Kier alpha value is -2.15. The van der Waals surface area contributed by atoms with Gasteiger partial charge in [0.1, 0.15) is 12.2 Å². The number of likely N-dealkylation sites (N-methyl/N-ethyl adjacent to an activating group) is 1. The van der Waals surface area contributed by atoms with Gasteiger partial charge >= 0.3 is 11.7 Å². The molecule has 1 N–H and O–H groups in total. The number of hydrogen-bond donors (Lipinski definition) is 1. The number of nitrogens with one attached hydrogen (secondary N) is 1. The number of rotatable bonds is 6. The van der Waals surface area contributed by atoms with E-state index < -0.39 is 10.9 Å². The SMILES string of the molecule is CNCCOc1c(C(=O)OC)cccc1[N+](=O)[O-]. The van der Waals surface area contributed by atoms with Gasteiger partial charge in [0.05, 0.1) is 12.0 Å². The Balaban J connectivity index is 3.12. The fourth-order valence-electron chi connectivity index (χ4n) is 1.35. The molecule has 0 saturated heterocycles. The monoisotopic (exact) mass is 254 g/mol. The van der Waals surface area contributed by atoms with Gasteiger partial charge in [-0.3, -0.25) is 10.1 Å². The van der Waals surface area contributed by atoms with E-state index in [2.05, 4.69) is 10.1 Å². The number of para-hydroxylation sites is 1. The fraction of sp³-hybridized carbons (Fsp3) is 0.364. The van der Waals surface area contributed by atoms with Crippen molar-refractivity contribution in [1.29, 1.82) is 0 Å². The van der Waals surface area contributed by atoms with E-state index in [-0.39, 0.29) is 23.6 Å². The Morgan fingerprint density at radius 3 is 2.78 bits per heavy atom. The molecule has 0 amide bonds. The quantitative estimate of drug-likeness (QED) is 0.352. The molecule has 0 aliphatic carbocycles. The van der Waals surface area contributed by atoms with Gasteiger partial charge in [0.15, 0.2) is 0 Å². The molecule has 0 saturated carbocycles.